The van der Waals surface area contributed by atoms with E-state index in [4.69, 9.17) is 0 Å². The second-order valence-corrected chi connectivity index (χ2v) is 4.59. The first kappa shape index (κ1) is 11.4. The van der Waals surface area contributed by atoms with Gasteiger partial charge in [-0.25, -0.2) is 4.98 Å². The molecule has 0 unspecified atom stereocenters. The molecule has 0 aromatic carbocycles. The zero-order valence-electron chi connectivity index (χ0n) is 8.92. The normalized spacial score (nSPS) is 10.1. The summed E-state index contributed by atoms with van der Waals surface area (Å²) in [5, 5.41) is 3.32. The van der Waals surface area contributed by atoms with Crippen LogP contribution in [0.1, 0.15) is 18.9 Å². The zero-order chi connectivity index (χ0) is 10.2. The lowest BCUT2D eigenvalue weighted by Crippen LogP contribution is -2.04. The number of rotatable bonds is 6. The monoisotopic (exact) mass is 210 g/mol. The third-order valence-electron chi connectivity index (χ3n) is 1.89. The SMILES string of the molecule is CCSCCCNc1cc(C)ccn1. The van der Waals surface area contributed by atoms with Crippen LogP contribution in [0.2, 0.25) is 0 Å². The number of thioether (sulfide) groups is 1. The molecule has 0 aliphatic carbocycles. The quantitative estimate of drug-likeness (QED) is 0.731. The molecule has 1 rings (SSSR count). The van der Waals surface area contributed by atoms with Crippen molar-refractivity contribution < 1.29 is 0 Å². The van der Waals surface area contributed by atoms with Crippen molar-refractivity contribution in [2.75, 3.05) is 23.4 Å². The summed E-state index contributed by atoms with van der Waals surface area (Å²) in [7, 11) is 0. The first-order chi connectivity index (χ1) is 6.83. The molecule has 3 heteroatoms. The number of hydrogen-bond donors (Lipinski definition) is 1. The fourth-order valence-corrected chi connectivity index (χ4v) is 1.81. The van der Waals surface area contributed by atoms with Crippen LogP contribution in [0.4, 0.5) is 5.82 Å². The number of pyridine rings is 1. The maximum Gasteiger partial charge on any atom is 0.126 e. The van der Waals surface area contributed by atoms with E-state index in [-0.39, 0.29) is 0 Å². The molecule has 14 heavy (non-hydrogen) atoms. The van der Waals surface area contributed by atoms with Crippen LogP contribution in [0, 0.1) is 6.92 Å². The van der Waals surface area contributed by atoms with E-state index in [1.807, 2.05) is 24.0 Å². The number of aromatic nitrogens is 1. The topological polar surface area (TPSA) is 24.9 Å². The van der Waals surface area contributed by atoms with Crippen LogP contribution in [0.25, 0.3) is 0 Å². The molecule has 0 spiro atoms. The predicted molar refractivity (Wildman–Crippen MR) is 65.1 cm³/mol. The van der Waals surface area contributed by atoms with Crippen molar-refractivity contribution in [3.8, 4) is 0 Å². The minimum absolute atomic E-state index is 0.992. The fourth-order valence-electron chi connectivity index (χ4n) is 1.17. The van der Waals surface area contributed by atoms with Crippen molar-refractivity contribution >= 4 is 17.6 Å². The molecule has 1 aromatic heterocycles. The van der Waals surface area contributed by atoms with Crippen LogP contribution in [0.15, 0.2) is 18.3 Å². The first-order valence-electron chi connectivity index (χ1n) is 5.07. The lowest BCUT2D eigenvalue weighted by Gasteiger charge is -2.05. The Morgan fingerprint density at radius 2 is 2.36 bits per heavy atom. The smallest absolute Gasteiger partial charge is 0.126 e. The molecule has 1 N–H and O–H groups in total. The van der Waals surface area contributed by atoms with Gasteiger partial charge in [0.1, 0.15) is 5.82 Å². The Balaban J connectivity index is 2.18. The number of nitrogens with zero attached hydrogens (tertiary/aromatic N) is 1. The van der Waals surface area contributed by atoms with Gasteiger partial charge in [-0.2, -0.15) is 11.8 Å². The van der Waals surface area contributed by atoms with E-state index in [1.165, 1.54) is 23.5 Å². The zero-order valence-corrected chi connectivity index (χ0v) is 9.73. The van der Waals surface area contributed by atoms with E-state index in [9.17, 15) is 0 Å². The van der Waals surface area contributed by atoms with Gasteiger partial charge in [0, 0.05) is 12.7 Å². The average molecular weight is 210 g/mol. The minimum atomic E-state index is 0.992. The van der Waals surface area contributed by atoms with Crippen molar-refractivity contribution in [1.82, 2.24) is 4.98 Å². The third-order valence-corrected chi connectivity index (χ3v) is 2.88. The standard InChI is InChI=1S/C11H18N2S/c1-3-14-8-4-6-12-11-9-10(2)5-7-13-11/h5,7,9H,3-4,6,8H2,1-2H3,(H,12,13). The highest BCUT2D eigenvalue weighted by Crippen LogP contribution is 2.06. The largest absolute Gasteiger partial charge is 0.370 e. The summed E-state index contributed by atoms with van der Waals surface area (Å²) in [4.78, 5) is 4.24. The van der Waals surface area contributed by atoms with E-state index in [1.54, 1.807) is 0 Å². The Kier molecular flexibility index (Phi) is 5.45. The molecule has 0 atom stereocenters. The second-order valence-electron chi connectivity index (χ2n) is 3.20. The molecule has 1 aromatic rings. The highest BCUT2D eigenvalue weighted by atomic mass is 32.2. The Labute approximate surface area is 90.5 Å². The van der Waals surface area contributed by atoms with E-state index in [2.05, 4.69) is 30.2 Å². The van der Waals surface area contributed by atoms with Crippen LogP contribution in [-0.2, 0) is 0 Å². The molecular formula is C11H18N2S. The van der Waals surface area contributed by atoms with E-state index >= 15 is 0 Å². The van der Waals surface area contributed by atoms with Crippen molar-refractivity contribution in [2.45, 2.75) is 20.3 Å². The molecule has 78 valence electrons. The molecule has 0 bridgehead atoms. The van der Waals surface area contributed by atoms with Gasteiger partial charge in [0.05, 0.1) is 0 Å². The summed E-state index contributed by atoms with van der Waals surface area (Å²) in [6, 6.07) is 4.09. The third kappa shape index (κ3) is 4.51. The summed E-state index contributed by atoms with van der Waals surface area (Å²) in [6.45, 7) is 5.30. The van der Waals surface area contributed by atoms with Crippen LogP contribution in [0.5, 0.6) is 0 Å². The molecule has 0 saturated heterocycles. The summed E-state index contributed by atoms with van der Waals surface area (Å²) in [5.41, 5.74) is 1.26. The van der Waals surface area contributed by atoms with Crippen molar-refractivity contribution in [3.05, 3.63) is 23.9 Å². The fraction of sp³-hybridized carbons (Fsp3) is 0.545. The minimum Gasteiger partial charge on any atom is -0.370 e. The number of nitrogens with one attached hydrogen (secondary N) is 1. The lowest BCUT2D eigenvalue weighted by molar-refractivity contribution is 0.979. The van der Waals surface area contributed by atoms with Crippen molar-refractivity contribution in [1.29, 1.82) is 0 Å². The van der Waals surface area contributed by atoms with Crippen LogP contribution < -0.4 is 5.32 Å². The van der Waals surface area contributed by atoms with Gasteiger partial charge >= 0.3 is 0 Å². The molecule has 2 nitrogen and oxygen atoms in total. The first-order valence-corrected chi connectivity index (χ1v) is 6.22. The van der Waals surface area contributed by atoms with E-state index in [0.717, 1.165) is 12.4 Å². The summed E-state index contributed by atoms with van der Waals surface area (Å²) < 4.78 is 0. The number of anilines is 1. The Morgan fingerprint density at radius 1 is 1.50 bits per heavy atom. The molecular weight excluding hydrogens is 192 g/mol. The summed E-state index contributed by atoms with van der Waals surface area (Å²) >= 11 is 1.99. The highest BCUT2D eigenvalue weighted by molar-refractivity contribution is 7.99. The highest BCUT2D eigenvalue weighted by Gasteiger charge is 1.92. The molecule has 0 aliphatic heterocycles. The average Bonchev–Trinajstić information content (AvgIpc) is 2.18. The van der Waals surface area contributed by atoms with Crippen molar-refractivity contribution in [2.24, 2.45) is 0 Å². The summed E-state index contributed by atoms with van der Waals surface area (Å²) in [6.07, 6.45) is 3.05. The summed E-state index contributed by atoms with van der Waals surface area (Å²) in [5.74, 6) is 3.43. The maximum atomic E-state index is 4.24. The molecule has 0 amide bonds. The Morgan fingerprint density at radius 3 is 3.07 bits per heavy atom. The van der Waals surface area contributed by atoms with Gasteiger partial charge in [-0.3, -0.25) is 0 Å². The van der Waals surface area contributed by atoms with Gasteiger partial charge in [-0.1, -0.05) is 6.92 Å². The van der Waals surface area contributed by atoms with Gasteiger partial charge in [-0.05, 0) is 42.5 Å². The number of hydrogen-bond acceptors (Lipinski definition) is 3. The van der Waals surface area contributed by atoms with Crippen molar-refractivity contribution in [3.63, 3.8) is 0 Å². The molecule has 0 radical (unpaired) electrons. The van der Waals surface area contributed by atoms with E-state index in [0.29, 0.717) is 0 Å². The molecule has 0 aliphatic rings. The van der Waals surface area contributed by atoms with E-state index < -0.39 is 0 Å². The van der Waals surface area contributed by atoms with Crippen LogP contribution in [0.3, 0.4) is 0 Å². The Hall–Kier alpha value is -0.700. The van der Waals surface area contributed by atoms with Crippen LogP contribution >= 0.6 is 11.8 Å². The number of aryl methyl sites for hydroxylation is 1. The molecule has 0 fully saturated rings. The van der Waals surface area contributed by atoms with Crippen LogP contribution in [-0.4, -0.2) is 23.0 Å². The Bertz CT molecular complexity index is 263. The van der Waals surface area contributed by atoms with Gasteiger partial charge < -0.3 is 5.32 Å². The van der Waals surface area contributed by atoms with Gasteiger partial charge in [0.2, 0.25) is 0 Å². The molecule has 1 heterocycles. The van der Waals surface area contributed by atoms with Gasteiger partial charge in [-0.15, -0.1) is 0 Å². The lowest BCUT2D eigenvalue weighted by atomic mass is 10.3. The van der Waals surface area contributed by atoms with Gasteiger partial charge in [0.25, 0.3) is 0 Å². The molecule has 0 saturated carbocycles. The predicted octanol–water partition coefficient (Wildman–Crippen LogP) is 2.95. The van der Waals surface area contributed by atoms with Gasteiger partial charge in [0.15, 0.2) is 0 Å². The maximum absolute atomic E-state index is 4.24. The second kappa shape index (κ2) is 6.71.